The number of rotatable bonds is 6. The molecule has 0 radical (unpaired) electrons. The van der Waals surface area contributed by atoms with Crippen molar-refractivity contribution >= 4 is 42.8 Å². The summed E-state index contributed by atoms with van der Waals surface area (Å²) in [5.74, 6) is -1.27. The number of nitrogens with zero attached hydrogens (tertiary/aromatic N) is 3. The minimum Gasteiger partial charge on any atom is -0.274 e. The first-order valence-corrected chi connectivity index (χ1v) is 9.91. The Morgan fingerprint density at radius 3 is 2.85 bits per heavy atom. The van der Waals surface area contributed by atoms with Gasteiger partial charge in [-0.2, -0.15) is 5.10 Å². The van der Waals surface area contributed by atoms with Crippen LogP contribution in [0.4, 0.5) is 4.39 Å². The average molecular weight is 441 g/mol. The minimum atomic E-state index is -4.13. The zero-order chi connectivity index (χ0) is 18.7. The number of halogens is 2. The van der Waals surface area contributed by atoms with Crippen molar-refractivity contribution in [1.82, 2.24) is 19.5 Å². The Hall–Kier alpha value is -2.33. The fourth-order valence-corrected chi connectivity index (χ4v) is 4.01. The molecule has 0 saturated heterocycles. The van der Waals surface area contributed by atoms with Crippen molar-refractivity contribution in [2.75, 3.05) is 0 Å². The molecule has 2 heterocycles. The van der Waals surface area contributed by atoms with Crippen molar-refractivity contribution in [3.8, 4) is 0 Å². The van der Waals surface area contributed by atoms with Gasteiger partial charge in [0.15, 0.2) is 0 Å². The lowest BCUT2D eigenvalue weighted by atomic mass is 10.2. The van der Waals surface area contributed by atoms with Gasteiger partial charge in [-0.1, -0.05) is 0 Å². The first-order valence-electron chi connectivity index (χ1n) is 7.64. The van der Waals surface area contributed by atoms with Crippen LogP contribution in [0.25, 0.3) is 10.9 Å². The first kappa shape index (κ1) is 18.5. The molecule has 0 spiro atoms. The summed E-state index contributed by atoms with van der Waals surface area (Å²) in [5, 5.41) is 4.17. The van der Waals surface area contributed by atoms with Gasteiger partial charge in [-0.15, -0.1) is 0 Å². The number of aryl methyl sites for hydroxylation is 1. The molecule has 26 heavy (non-hydrogen) atoms. The van der Waals surface area contributed by atoms with Gasteiger partial charge in [0.2, 0.25) is 5.91 Å². The van der Waals surface area contributed by atoms with Crippen LogP contribution in [0, 0.1) is 5.82 Å². The van der Waals surface area contributed by atoms with E-state index in [1.807, 2.05) is 4.72 Å². The smallest absolute Gasteiger partial charge is 0.264 e. The van der Waals surface area contributed by atoms with Crippen LogP contribution in [0.15, 0.2) is 52.2 Å². The number of hydrogen-bond acceptors (Lipinski definition) is 5. The number of hydrogen-bond donors (Lipinski definition) is 1. The highest BCUT2D eigenvalue weighted by atomic mass is 79.9. The second-order valence-corrected chi connectivity index (χ2v) is 8.07. The summed E-state index contributed by atoms with van der Waals surface area (Å²) in [7, 11) is -4.13. The van der Waals surface area contributed by atoms with Crippen molar-refractivity contribution in [3.05, 3.63) is 53.1 Å². The fourth-order valence-electron chi connectivity index (χ4n) is 2.46. The summed E-state index contributed by atoms with van der Waals surface area (Å²) in [6, 6.07) is 5.09. The number of benzene rings is 1. The molecule has 0 aliphatic rings. The van der Waals surface area contributed by atoms with Gasteiger partial charge in [0, 0.05) is 30.7 Å². The highest BCUT2D eigenvalue weighted by Crippen LogP contribution is 2.23. The highest BCUT2D eigenvalue weighted by molar-refractivity contribution is 9.10. The first-order chi connectivity index (χ1) is 12.4. The van der Waals surface area contributed by atoms with Crippen LogP contribution in [0.2, 0.25) is 0 Å². The van der Waals surface area contributed by atoms with Crippen LogP contribution in [0.1, 0.15) is 12.8 Å². The summed E-state index contributed by atoms with van der Waals surface area (Å²) >= 11 is 3.27. The lowest BCUT2D eigenvalue weighted by Crippen LogP contribution is -2.30. The largest absolute Gasteiger partial charge is 0.274 e. The Morgan fingerprint density at radius 2 is 2.12 bits per heavy atom. The molecular weight excluding hydrogens is 427 g/mol. The molecule has 0 aliphatic carbocycles. The third-order valence-corrected chi connectivity index (χ3v) is 5.45. The second kappa shape index (κ2) is 7.50. The fraction of sp³-hybridized carbons (Fsp3) is 0.188. The number of sulfonamides is 1. The molecule has 0 unspecified atom stereocenters. The lowest BCUT2D eigenvalue weighted by Gasteiger charge is -2.10. The molecule has 136 valence electrons. The lowest BCUT2D eigenvalue weighted by molar-refractivity contribution is -0.119. The molecule has 0 atom stereocenters. The number of carbonyl (C=O) groups excluding carboxylic acids is 1. The van der Waals surface area contributed by atoms with Gasteiger partial charge in [-0.05, 0) is 46.6 Å². The van der Waals surface area contributed by atoms with Crippen LogP contribution >= 0.6 is 15.9 Å². The van der Waals surface area contributed by atoms with Gasteiger partial charge < -0.3 is 0 Å². The number of fused-ring (bicyclic) bond motifs is 1. The van der Waals surface area contributed by atoms with E-state index < -0.39 is 21.7 Å². The molecule has 10 heteroatoms. The van der Waals surface area contributed by atoms with Crippen LogP contribution in [0.3, 0.4) is 0 Å². The maximum absolute atomic E-state index is 13.8. The SMILES string of the molecule is O=C(CCCn1cc(Br)cn1)NS(=O)(=O)c1ccc(F)c2ncccc12. The predicted octanol–water partition coefficient (Wildman–Crippen LogP) is 2.62. The molecule has 2 aromatic heterocycles. The number of pyridine rings is 1. The molecule has 3 aromatic rings. The Balaban J connectivity index is 1.71. The molecule has 0 fully saturated rings. The van der Waals surface area contributed by atoms with Crippen LogP contribution in [-0.4, -0.2) is 29.1 Å². The van der Waals surface area contributed by atoms with Gasteiger partial charge in [-0.25, -0.2) is 17.5 Å². The summed E-state index contributed by atoms with van der Waals surface area (Å²) in [4.78, 5) is 15.7. The van der Waals surface area contributed by atoms with Crippen molar-refractivity contribution in [3.63, 3.8) is 0 Å². The third-order valence-electron chi connectivity index (χ3n) is 3.61. The van der Waals surface area contributed by atoms with E-state index in [2.05, 4.69) is 26.0 Å². The average Bonchev–Trinajstić information content (AvgIpc) is 3.00. The van der Waals surface area contributed by atoms with E-state index in [1.54, 1.807) is 17.1 Å². The molecule has 0 saturated carbocycles. The van der Waals surface area contributed by atoms with Gasteiger partial charge in [0.25, 0.3) is 10.0 Å². The Labute approximate surface area is 157 Å². The Kier molecular flexibility index (Phi) is 5.33. The van der Waals surface area contributed by atoms with Gasteiger partial charge in [-0.3, -0.25) is 14.5 Å². The van der Waals surface area contributed by atoms with E-state index in [0.717, 1.165) is 16.6 Å². The van der Waals surface area contributed by atoms with E-state index in [4.69, 9.17) is 0 Å². The maximum Gasteiger partial charge on any atom is 0.264 e. The molecule has 0 bridgehead atoms. The summed E-state index contributed by atoms with van der Waals surface area (Å²) in [6.45, 7) is 0.475. The topological polar surface area (TPSA) is 94.0 Å². The van der Waals surface area contributed by atoms with E-state index in [9.17, 15) is 17.6 Å². The van der Waals surface area contributed by atoms with Crippen LogP contribution in [0.5, 0.6) is 0 Å². The van der Waals surface area contributed by atoms with Crippen LogP contribution in [-0.2, 0) is 21.4 Å². The number of aromatic nitrogens is 3. The zero-order valence-electron chi connectivity index (χ0n) is 13.4. The maximum atomic E-state index is 13.8. The number of carbonyl (C=O) groups is 1. The van der Waals surface area contributed by atoms with E-state index in [0.29, 0.717) is 13.0 Å². The normalized spacial score (nSPS) is 11.6. The standard InChI is InChI=1S/C16H14BrFN4O3S/c17-11-9-20-22(10-11)8-2-4-15(23)21-26(24,25)14-6-5-13(18)16-12(14)3-1-7-19-16/h1,3,5-7,9-10H,2,4,8H2,(H,21,23). The highest BCUT2D eigenvalue weighted by Gasteiger charge is 2.21. The van der Waals surface area contributed by atoms with Crippen molar-refractivity contribution in [2.24, 2.45) is 0 Å². The predicted molar refractivity (Wildman–Crippen MR) is 96.2 cm³/mol. The van der Waals surface area contributed by atoms with Crippen LogP contribution < -0.4 is 4.72 Å². The van der Waals surface area contributed by atoms with Crippen molar-refractivity contribution in [2.45, 2.75) is 24.3 Å². The quantitative estimate of drug-likeness (QED) is 0.635. The minimum absolute atomic E-state index is 0.00802. The summed E-state index contributed by atoms with van der Waals surface area (Å²) in [6.07, 6.45) is 5.17. The molecule has 7 nitrogen and oxygen atoms in total. The van der Waals surface area contributed by atoms with E-state index in [-0.39, 0.29) is 22.2 Å². The number of amides is 1. The number of nitrogens with one attached hydrogen (secondary N) is 1. The van der Waals surface area contributed by atoms with Gasteiger partial charge in [0.1, 0.15) is 11.3 Å². The van der Waals surface area contributed by atoms with Gasteiger partial charge in [0.05, 0.1) is 15.6 Å². The summed E-state index contributed by atoms with van der Waals surface area (Å²) in [5.41, 5.74) is -0.0629. The molecule has 3 rings (SSSR count). The summed E-state index contributed by atoms with van der Waals surface area (Å²) < 4.78 is 43.3. The van der Waals surface area contributed by atoms with E-state index >= 15 is 0 Å². The molecule has 0 aliphatic heterocycles. The molecular formula is C16H14BrFN4O3S. The van der Waals surface area contributed by atoms with Crippen molar-refractivity contribution in [1.29, 1.82) is 0 Å². The Morgan fingerprint density at radius 1 is 1.31 bits per heavy atom. The molecule has 1 amide bonds. The van der Waals surface area contributed by atoms with E-state index in [1.165, 1.54) is 18.3 Å². The third kappa shape index (κ3) is 4.07. The monoisotopic (exact) mass is 440 g/mol. The Bertz CT molecular complexity index is 1070. The molecule has 1 N–H and O–H groups in total. The zero-order valence-corrected chi connectivity index (χ0v) is 15.8. The molecule has 1 aromatic carbocycles. The van der Waals surface area contributed by atoms with Gasteiger partial charge >= 0.3 is 0 Å². The second-order valence-electron chi connectivity index (χ2n) is 5.50. The van der Waals surface area contributed by atoms with Crippen molar-refractivity contribution < 1.29 is 17.6 Å².